The first-order valence-electron chi connectivity index (χ1n) is 5.55. The zero-order valence-corrected chi connectivity index (χ0v) is 13.9. The van der Waals surface area contributed by atoms with Crippen LogP contribution in [0.4, 0.5) is 5.69 Å². The zero-order valence-electron chi connectivity index (χ0n) is 10.1. The summed E-state index contributed by atoms with van der Waals surface area (Å²) in [7, 11) is 0. The van der Waals surface area contributed by atoms with Gasteiger partial charge in [0.2, 0.25) is 5.91 Å². The molecule has 0 aliphatic heterocycles. The molecule has 0 aliphatic carbocycles. The van der Waals surface area contributed by atoms with Crippen molar-refractivity contribution in [3.8, 4) is 0 Å². The molecule has 7 heteroatoms. The topological polar surface area (TPSA) is 66.4 Å². The molecular formula is C13H10INO3S2. The predicted octanol–water partition coefficient (Wildman–Crippen LogP) is 3.78. The third-order valence-electron chi connectivity index (χ3n) is 2.33. The lowest BCUT2D eigenvalue weighted by Crippen LogP contribution is -2.16. The number of anilines is 1. The Morgan fingerprint density at radius 1 is 1.35 bits per heavy atom. The highest BCUT2D eigenvalue weighted by Crippen LogP contribution is 2.24. The van der Waals surface area contributed by atoms with Gasteiger partial charge in [-0.1, -0.05) is 6.07 Å². The van der Waals surface area contributed by atoms with E-state index >= 15 is 0 Å². The summed E-state index contributed by atoms with van der Waals surface area (Å²) >= 11 is 5.03. The third-order valence-corrected chi connectivity index (χ3v) is 5.13. The predicted molar refractivity (Wildman–Crippen MR) is 89.8 cm³/mol. The Labute approximate surface area is 137 Å². The molecule has 2 rings (SSSR count). The third kappa shape index (κ3) is 4.22. The van der Waals surface area contributed by atoms with E-state index < -0.39 is 5.97 Å². The van der Waals surface area contributed by atoms with Crippen LogP contribution in [0.2, 0.25) is 0 Å². The van der Waals surface area contributed by atoms with Crippen molar-refractivity contribution in [2.75, 3.05) is 11.1 Å². The monoisotopic (exact) mass is 419 g/mol. The van der Waals surface area contributed by atoms with Crippen LogP contribution < -0.4 is 5.32 Å². The summed E-state index contributed by atoms with van der Waals surface area (Å²) in [4.78, 5) is 23.0. The average Bonchev–Trinajstić information content (AvgIpc) is 2.91. The number of nitrogens with one attached hydrogen (secondary N) is 1. The molecule has 0 bridgehead atoms. The highest BCUT2D eigenvalue weighted by molar-refractivity contribution is 14.1. The Bertz CT molecular complexity index is 629. The van der Waals surface area contributed by atoms with Crippen LogP contribution in [-0.2, 0) is 4.79 Å². The van der Waals surface area contributed by atoms with E-state index in [-0.39, 0.29) is 17.2 Å². The molecule has 1 aromatic heterocycles. The summed E-state index contributed by atoms with van der Waals surface area (Å²) in [6.45, 7) is 0. The van der Waals surface area contributed by atoms with Gasteiger partial charge in [0.05, 0.1) is 21.2 Å². The molecule has 20 heavy (non-hydrogen) atoms. The van der Waals surface area contributed by atoms with Crippen LogP contribution in [0.15, 0.2) is 39.9 Å². The number of thioether (sulfide) groups is 1. The van der Waals surface area contributed by atoms with Crippen molar-refractivity contribution in [3.63, 3.8) is 0 Å². The van der Waals surface area contributed by atoms with Gasteiger partial charge < -0.3 is 10.4 Å². The number of amides is 1. The number of carbonyl (C=O) groups is 2. The number of hydrogen-bond acceptors (Lipinski definition) is 4. The van der Waals surface area contributed by atoms with Crippen LogP contribution in [0.1, 0.15) is 10.4 Å². The second-order valence-corrected chi connectivity index (χ2v) is 7.23. The van der Waals surface area contributed by atoms with Crippen LogP contribution in [-0.4, -0.2) is 22.7 Å². The molecule has 0 radical (unpaired) electrons. The quantitative estimate of drug-likeness (QED) is 0.572. The molecule has 0 unspecified atom stereocenters. The van der Waals surface area contributed by atoms with Gasteiger partial charge in [0.15, 0.2) is 0 Å². The van der Waals surface area contributed by atoms with Crippen molar-refractivity contribution in [2.45, 2.75) is 4.21 Å². The van der Waals surface area contributed by atoms with Crippen LogP contribution in [0.25, 0.3) is 0 Å². The van der Waals surface area contributed by atoms with Crippen molar-refractivity contribution < 1.29 is 14.7 Å². The first-order valence-corrected chi connectivity index (χ1v) is 8.49. The number of rotatable bonds is 5. The van der Waals surface area contributed by atoms with Crippen LogP contribution >= 0.6 is 45.7 Å². The minimum atomic E-state index is -1.05. The molecule has 1 aromatic carbocycles. The van der Waals surface area contributed by atoms with Crippen LogP contribution in [0.5, 0.6) is 0 Å². The van der Waals surface area contributed by atoms with Gasteiger partial charge in [0, 0.05) is 3.57 Å². The maximum Gasteiger partial charge on any atom is 0.337 e. The molecule has 0 saturated heterocycles. The maximum atomic E-state index is 11.8. The summed E-state index contributed by atoms with van der Waals surface area (Å²) in [6.07, 6.45) is 0. The molecule has 2 aromatic rings. The van der Waals surface area contributed by atoms with Gasteiger partial charge in [0.25, 0.3) is 0 Å². The smallest absolute Gasteiger partial charge is 0.337 e. The zero-order chi connectivity index (χ0) is 14.5. The van der Waals surface area contributed by atoms with Gasteiger partial charge in [-0.05, 0) is 52.2 Å². The first kappa shape index (κ1) is 15.3. The lowest BCUT2D eigenvalue weighted by atomic mass is 10.2. The Hall–Kier alpha value is -1.06. The number of carbonyl (C=O) groups excluding carboxylic acids is 1. The number of aromatic carboxylic acids is 1. The molecule has 0 aliphatic rings. The number of halogens is 1. The molecule has 1 amide bonds. The first-order chi connectivity index (χ1) is 9.56. The molecule has 0 atom stereocenters. The summed E-state index contributed by atoms with van der Waals surface area (Å²) < 4.78 is 1.87. The molecule has 4 nitrogen and oxygen atoms in total. The van der Waals surface area contributed by atoms with E-state index in [0.717, 1.165) is 7.78 Å². The SMILES string of the molecule is O=C(CSc1cccs1)Nc1ccc(I)cc1C(=O)O. The average molecular weight is 419 g/mol. The van der Waals surface area contributed by atoms with E-state index in [2.05, 4.69) is 5.32 Å². The second-order valence-electron chi connectivity index (χ2n) is 3.76. The molecule has 1 heterocycles. The van der Waals surface area contributed by atoms with Gasteiger partial charge in [-0.2, -0.15) is 0 Å². The fraction of sp³-hybridized carbons (Fsp3) is 0.0769. The molecule has 0 saturated carbocycles. The number of hydrogen-bond donors (Lipinski definition) is 2. The Kier molecular flexibility index (Phi) is 5.44. The molecule has 0 fully saturated rings. The van der Waals surface area contributed by atoms with E-state index in [0.29, 0.717) is 5.69 Å². The van der Waals surface area contributed by atoms with E-state index in [1.165, 1.54) is 17.8 Å². The fourth-order valence-electron chi connectivity index (χ4n) is 1.47. The van der Waals surface area contributed by atoms with Crippen molar-refractivity contribution in [3.05, 3.63) is 44.8 Å². The van der Waals surface area contributed by atoms with Gasteiger partial charge in [0.1, 0.15) is 0 Å². The van der Waals surface area contributed by atoms with E-state index in [9.17, 15) is 9.59 Å². The largest absolute Gasteiger partial charge is 0.478 e. The molecule has 104 valence electrons. The van der Waals surface area contributed by atoms with Crippen molar-refractivity contribution in [2.24, 2.45) is 0 Å². The fourth-order valence-corrected chi connectivity index (χ4v) is 3.55. The normalized spacial score (nSPS) is 10.2. The van der Waals surface area contributed by atoms with E-state index in [1.54, 1.807) is 23.5 Å². The maximum absolute atomic E-state index is 11.8. The Morgan fingerprint density at radius 3 is 2.80 bits per heavy atom. The van der Waals surface area contributed by atoms with Crippen LogP contribution in [0.3, 0.4) is 0 Å². The van der Waals surface area contributed by atoms with Crippen molar-refractivity contribution in [1.82, 2.24) is 0 Å². The highest BCUT2D eigenvalue weighted by Gasteiger charge is 2.13. The summed E-state index contributed by atoms with van der Waals surface area (Å²) in [5.74, 6) is -1.01. The lowest BCUT2D eigenvalue weighted by Gasteiger charge is -2.08. The molecular weight excluding hydrogens is 409 g/mol. The van der Waals surface area contributed by atoms with Crippen LogP contribution in [0, 0.1) is 3.57 Å². The van der Waals surface area contributed by atoms with Gasteiger partial charge >= 0.3 is 5.97 Å². The summed E-state index contributed by atoms with van der Waals surface area (Å²) in [6, 6.07) is 8.77. The van der Waals surface area contributed by atoms with Gasteiger partial charge in [-0.15, -0.1) is 23.1 Å². The minimum absolute atomic E-state index is 0.103. The van der Waals surface area contributed by atoms with Crippen molar-refractivity contribution in [1.29, 1.82) is 0 Å². The number of carboxylic acids is 1. The summed E-state index contributed by atoms with van der Waals surface area (Å²) in [5, 5.41) is 13.7. The lowest BCUT2D eigenvalue weighted by molar-refractivity contribution is -0.113. The number of carboxylic acid groups (broad SMARTS) is 1. The Morgan fingerprint density at radius 2 is 2.15 bits per heavy atom. The number of benzene rings is 1. The van der Waals surface area contributed by atoms with Gasteiger partial charge in [-0.3, -0.25) is 4.79 Å². The standard InChI is InChI=1S/C13H10INO3S2/c14-8-3-4-10(9(6-8)13(17)18)15-11(16)7-20-12-2-1-5-19-12/h1-6H,7H2,(H,15,16)(H,17,18). The second kappa shape index (κ2) is 7.09. The molecule has 0 spiro atoms. The van der Waals surface area contributed by atoms with E-state index in [4.69, 9.17) is 5.11 Å². The summed E-state index contributed by atoms with van der Waals surface area (Å²) in [5.41, 5.74) is 0.432. The highest BCUT2D eigenvalue weighted by atomic mass is 127. The minimum Gasteiger partial charge on any atom is -0.478 e. The van der Waals surface area contributed by atoms with Gasteiger partial charge in [-0.25, -0.2) is 4.79 Å². The number of thiophene rings is 1. The van der Waals surface area contributed by atoms with E-state index in [1.807, 2.05) is 40.1 Å². The Balaban J connectivity index is 2.02. The van der Waals surface area contributed by atoms with Crippen molar-refractivity contribution >= 4 is 63.3 Å². The molecule has 2 N–H and O–H groups in total.